The highest BCUT2D eigenvalue weighted by Gasteiger charge is 2.22. The third kappa shape index (κ3) is 1.29. The fourth-order valence-electron chi connectivity index (χ4n) is 2.32. The average Bonchev–Trinajstić information content (AvgIpc) is 2.58. The summed E-state index contributed by atoms with van der Waals surface area (Å²) in [7, 11) is 0. The number of aryl methyl sites for hydroxylation is 1. The molecule has 0 bridgehead atoms. The molecule has 0 spiro atoms. The second-order valence-corrected chi connectivity index (χ2v) is 5.05. The summed E-state index contributed by atoms with van der Waals surface area (Å²) in [5.74, 6) is 0.0324. The molecule has 0 saturated carbocycles. The van der Waals surface area contributed by atoms with Crippen molar-refractivity contribution in [2.45, 2.75) is 13.3 Å². The van der Waals surface area contributed by atoms with Crippen molar-refractivity contribution in [2.75, 3.05) is 6.54 Å². The third-order valence-electron chi connectivity index (χ3n) is 3.03. The van der Waals surface area contributed by atoms with Crippen LogP contribution in [0.1, 0.15) is 21.6 Å². The zero-order chi connectivity index (χ0) is 11.3. The van der Waals surface area contributed by atoms with Crippen LogP contribution in [-0.2, 0) is 6.42 Å². The Morgan fingerprint density at radius 1 is 1.38 bits per heavy atom. The number of amides is 1. The van der Waals surface area contributed by atoms with E-state index in [1.165, 1.54) is 0 Å². The fraction of sp³-hybridized carbons (Fsp3) is 0.250. The molecule has 1 aliphatic heterocycles. The molecule has 16 heavy (non-hydrogen) atoms. The van der Waals surface area contributed by atoms with Gasteiger partial charge in [-0.25, -0.2) is 0 Å². The highest BCUT2D eigenvalue weighted by Crippen LogP contribution is 2.30. The summed E-state index contributed by atoms with van der Waals surface area (Å²) in [4.78, 5) is 15.2. The largest absolute Gasteiger partial charge is 0.357 e. The van der Waals surface area contributed by atoms with Crippen LogP contribution < -0.4 is 5.32 Å². The maximum Gasteiger partial charge on any atom is 0.253 e. The van der Waals surface area contributed by atoms with Crippen LogP contribution in [0.3, 0.4) is 0 Å². The summed E-state index contributed by atoms with van der Waals surface area (Å²) >= 11 is 3.47. The lowest BCUT2D eigenvalue weighted by Gasteiger charge is -2.11. The minimum Gasteiger partial charge on any atom is -0.357 e. The number of rotatable bonds is 0. The first-order valence-electron chi connectivity index (χ1n) is 5.25. The number of aromatic amines is 1. The zero-order valence-corrected chi connectivity index (χ0v) is 10.4. The molecule has 0 atom stereocenters. The normalized spacial score (nSPS) is 15.0. The first kappa shape index (κ1) is 9.90. The number of carbonyl (C=O) groups excluding carboxylic acids is 1. The van der Waals surface area contributed by atoms with Gasteiger partial charge >= 0.3 is 0 Å². The minimum atomic E-state index is 0.0324. The Hall–Kier alpha value is -1.29. The number of aromatic nitrogens is 1. The molecule has 1 aliphatic rings. The predicted molar refractivity (Wildman–Crippen MR) is 66.8 cm³/mol. The van der Waals surface area contributed by atoms with Gasteiger partial charge in [0.25, 0.3) is 5.91 Å². The lowest BCUT2D eigenvalue weighted by molar-refractivity contribution is 0.0947. The van der Waals surface area contributed by atoms with Crippen molar-refractivity contribution in [3.63, 3.8) is 0 Å². The molecule has 3 rings (SSSR count). The van der Waals surface area contributed by atoms with Crippen LogP contribution in [0.25, 0.3) is 10.9 Å². The van der Waals surface area contributed by atoms with Gasteiger partial charge in [-0.1, -0.05) is 15.9 Å². The molecule has 82 valence electrons. The van der Waals surface area contributed by atoms with Crippen molar-refractivity contribution in [3.05, 3.63) is 33.4 Å². The van der Waals surface area contributed by atoms with E-state index in [-0.39, 0.29) is 5.91 Å². The molecule has 0 unspecified atom stereocenters. The average molecular weight is 279 g/mol. The second kappa shape index (κ2) is 3.35. The van der Waals surface area contributed by atoms with Gasteiger partial charge < -0.3 is 10.3 Å². The van der Waals surface area contributed by atoms with E-state index in [1.807, 2.05) is 13.0 Å². The zero-order valence-electron chi connectivity index (χ0n) is 8.86. The Bertz CT molecular complexity index is 601. The number of hydrogen-bond donors (Lipinski definition) is 2. The molecule has 4 heteroatoms. The van der Waals surface area contributed by atoms with E-state index < -0.39 is 0 Å². The van der Waals surface area contributed by atoms with Crippen molar-refractivity contribution >= 4 is 32.7 Å². The molecular weight excluding hydrogens is 268 g/mol. The number of nitrogens with one attached hydrogen (secondary N) is 2. The number of H-pyrrole nitrogens is 1. The molecule has 2 heterocycles. The topological polar surface area (TPSA) is 44.9 Å². The Kier molecular flexibility index (Phi) is 2.07. The molecule has 2 aromatic rings. The Morgan fingerprint density at radius 3 is 3.00 bits per heavy atom. The van der Waals surface area contributed by atoms with Crippen LogP contribution in [0.4, 0.5) is 0 Å². The van der Waals surface area contributed by atoms with Crippen LogP contribution in [0.2, 0.25) is 0 Å². The summed E-state index contributed by atoms with van der Waals surface area (Å²) in [6.45, 7) is 2.77. The smallest absolute Gasteiger partial charge is 0.253 e. The van der Waals surface area contributed by atoms with Gasteiger partial charge in [-0.3, -0.25) is 4.79 Å². The summed E-state index contributed by atoms with van der Waals surface area (Å²) in [6.07, 6.45) is 0.882. The number of fused-ring (bicyclic) bond motifs is 3. The summed E-state index contributed by atoms with van der Waals surface area (Å²) < 4.78 is 1.01. The summed E-state index contributed by atoms with van der Waals surface area (Å²) in [6, 6.07) is 4.06. The van der Waals surface area contributed by atoms with E-state index in [4.69, 9.17) is 0 Å². The molecule has 0 saturated heterocycles. The Labute approximate surface area is 101 Å². The maximum absolute atomic E-state index is 11.8. The van der Waals surface area contributed by atoms with Crippen LogP contribution in [0.5, 0.6) is 0 Å². The van der Waals surface area contributed by atoms with E-state index in [0.29, 0.717) is 0 Å². The first-order valence-corrected chi connectivity index (χ1v) is 6.05. The molecule has 0 aliphatic carbocycles. The van der Waals surface area contributed by atoms with Gasteiger partial charge in [0.05, 0.1) is 5.56 Å². The van der Waals surface area contributed by atoms with Crippen LogP contribution in [0.15, 0.2) is 16.6 Å². The molecule has 2 N–H and O–H groups in total. The standard InChI is InChI=1S/C12H11BrN2O/c1-6-4-7(13)5-8-10-9(15-11(6)8)2-3-14-12(10)16/h4-5,15H,2-3H2,1H3,(H,14,16). The molecule has 1 amide bonds. The fourth-order valence-corrected chi connectivity index (χ4v) is 2.89. The number of carbonyl (C=O) groups is 1. The van der Waals surface area contributed by atoms with Gasteiger partial charge in [-0.2, -0.15) is 0 Å². The van der Waals surface area contributed by atoms with E-state index in [9.17, 15) is 4.79 Å². The quantitative estimate of drug-likeness (QED) is 0.764. The van der Waals surface area contributed by atoms with Gasteiger partial charge in [0.15, 0.2) is 0 Å². The van der Waals surface area contributed by atoms with Gasteiger partial charge in [-0.05, 0) is 24.6 Å². The second-order valence-electron chi connectivity index (χ2n) is 4.13. The van der Waals surface area contributed by atoms with E-state index in [0.717, 1.165) is 45.2 Å². The maximum atomic E-state index is 11.8. The molecular formula is C12H11BrN2O. The van der Waals surface area contributed by atoms with Crippen molar-refractivity contribution in [1.82, 2.24) is 10.3 Å². The molecule has 3 nitrogen and oxygen atoms in total. The summed E-state index contributed by atoms with van der Waals surface area (Å²) in [5, 5.41) is 3.89. The van der Waals surface area contributed by atoms with Crippen molar-refractivity contribution in [3.8, 4) is 0 Å². The molecule has 1 aromatic heterocycles. The Morgan fingerprint density at radius 2 is 2.19 bits per heavy atom. The number of benzene rings is 1. The van der Waals surface area contributed by atoms with Gasteiger partial charge in [-0.15, -0.1) is 0 Å². The number of halogens is 1. The van der Waals surface area contributed by atoms with Gasteiger partial charge in [0, 0.05) is 34.0 Å². The van der Waals surface area contributed by atoms with Crippen LogP contribution in [0, 0.1) is 6.92 Å². The highest BCUT2D eigenvalue weighted by atomic mass is 79.9. The third-order valence-corrected chi connectivity index (χ3v) is 3.49. The SMILES string of the molecule is Cc1cc(Br)cc2c3c([nH]c12)CCNC3=O. The Balaban J connectivity index is 2.42. The summed E-state index contributed by atoms with van der Waals surface area (Å²) in [5.41, 5.74) is 4.10. The highest BCUT2D eigenvalue weighted by molar-refractivity contribution is 9.10. The van der Waals surface area contributed by atoms with Crippen LogP contribution in [-0.4, -0.2) is 17.4 Å². The van der Waals surface area contributed by atoms with Crippen molar-refractivity contribution in [2.24, 2.45) is 0 Å². The lowest BCUT2D eigenvalue weighted by Crippen LogP contribution is -2.31. The van der Waals surface area contributed by atoms with Crippen molar-refractivity contribution < 1.29 is 4.79 Å². The van der Waals surface area contributed by atoms with Gasteiger partial charge in [0.2, 0.25) is 0 Å². The van der Waals surface area contributed by atoms with E-state index in [1.54, 1.807) is 0 Å². The molecule has 1 aromatic carbocycles. The number of hydrogen-bond acceptors (Lipinski definition) is 1. The van der Waals surface area contributed by atoms with Crippen LogP contribution >= 0.6 is 15.9 Å². The first-order chi connectivity index (χ1) is 7.66. The lowest BCUT2D eigenvalue weighted by atomic mass is 10.0. The van der Waals surface area contributed by atoms with Crippen molar-refractivity contribution in [1.29, 1.82) is 0 Å². The monoisotopic (exact) mass is 278 g/mol. The molecule has 0 fully saturated rings. The van der Waals surface area contributed by atoms with E-state index in [2.05, 4.69) is 32.3 Å². The predicted octanol–water partition coefficient (Wildman–Crippen LogP) is 2.52. The minimum absolute atomic E-state index is 0.0324. The van der Waals surface area contributed by atoms with E-state index >= 15 is 0 Å². The van der Waals surface area contributed by atoms with Gasteiger partial charge in [0.1, 0.15) is 0 Å². The molecule has 0 radical (unpaired) electrons.